The van der Waals surface area contributed by atoms with Gasteiger partial charge in [-0.1, -0.05) is 43.6 Å². The molecule has 0 fully saturated rings. The zero-order valence-corrected chi connectivity index (χ0v) is 16.0. The van der Waals surface area contributed by atoms with E-state index in [1.807, 2.05) is 19.9 Å². The molecule has 3 N–H and O–H groups in total. The number of aromatic hydroxyl groups is 2. The number of benzene rings is 1. The number of phenols is 2. The Morgan fingerprint density at radius 2 is 2.00 bits per heavy atom. The maximum absolute atomic E-state index is 11.8. The van der Waals surface area contributed by atoms with Crippen LogP contribution in [0.5, 0.6) is 11.5 Å². The summed E-state index contributed by atoms with van der Waals surface area (Å²) in [5.41, 5.74) is 2.88. The maximum atomic E-state index is 11.8. The van der Waals surface area contributed by atoms with Gasteiger partial charge in [0.05, 0.1) is 0 Å². The number of carbonyl (C=O) groups is 1. The third kappa shape index (κ3) is 4.12. The summed E-state index contributed by atoms with van der Waals surface area (Å²) < 4.78 is 0. The number of hydrogen-bond donors (Lipinski definition) is 3. The van der Waals surface area contributed by atoms with E-state index in [1.165, 1.54) is 11.6 Å². The molecule has 1 aromatic carbocycles. The van der Waals surface area contributed by atoms with Crippen molar-refractivity contribution in [2.45, 2.75) is 65.2 Å². The van der Waals surface area contributed by atoms with Crippen LogP contribution in [0.15, 0.2) is 29.9 Å². The first-order chi connectivity index (χ1) is 12.3. The topological polar surface area (TPSA) is 77.8 Å². The number of carboxylic acids is 1. The summed E-state index contributed by atoms with van der Waals surface area (Å²) in [4.78, 5) is 11.8. The fraction of sp³-hybridized carbons (Fsp3) is 0.500. The predicted molar refractivity (Wildman–Crippen MR) is 104 cm³/mol. The molecule has 2 atom stereocenters. The molecule has 0 spiro atoms. The van der Waals surface area contributed by atoms with E-state index in [1.54, 1.807) is 0 Å². The molecular weight excluding hydrogens is 328 g/mol. The molecule has 142 valence electrons. The zero-order valence-electron chi connectivity index (χ0n) is 16.0. The highest BCUT2D eigenvalue weighted by atomic mass is 16.4. The van der Waals surface area contributed by atoms with Crippen molar-refractivity contribution in [2.75, 3.05) is 0 Å². The van der Waals surface area contributed by atoms with E-state index in [-0.39, 0.29) is 28.9 Å². The molecular formula is C22H30O4. The Morgan fingerprint density at radius 1 is 1.31 bits per heavy atom. The predicted octanol–water partition coefficient (Wildman–Crippen LogP) is 5.54. The summed E-state index contributed by atoms with van der Waals surface area (Å²) in [5, 5.41) is 31.1. The molecule has 0 amide bonds. The standard InChI is InChI=1S/C22H30O4/c1-5-6-7-8-15-12-18(23)20(21(24)19(15)22(25)26)17-11-14(4)9-10-16(17)13(2)3/h11-12,16-17,23-24H,2,5-10H2,1,3-4H3,(H,25,26)/t16-,17-/m1/s1. The van der Waals surface area contributed by atoms with Crippen molar-refractivity contribution in [1.29, 1.82) is 0 Å². The van der Waals surface area contributed by atoms with Gasteiger partial charge in [-0.3, -0.25) is 0 Å². The Hall–Kier alpha value is -2.23. The van der Waals surface area contributed by atoms with E-state index in [4.69, 9.17) is 0 Å². The maximum Gasteiger partial charge on any atom is 0.339 e. The van der Waals surface area contributed by atoms with Gasteiger partial charge < -0.3 is 15.3 Å². The van der Waals surface area contributed by atoms with E-state index >= 15 is 0 Å². The third-order valence-electron chi connectivity index (χ3n) is 5.38. The van der Waals surface area contributed by atoms with E-state index in [0.717, 1.165) is 37.7 Å². The first-order valence-electron chi connectivity index (χ1n) is 9.41. The lowest BCUT2D eigenvalue weighted by atomic mass is 9.73. The second-order valence-corrected chi connectivity index (χ2v) is 7.48. The number of rotatable bonds is 7. The molecule has 0 saturated heterocycles. The summed E-state index contributed by atoms with van der Waals surface area (Å²) in [5.74, 6) is -1.67. The first kappa shape index (κ1) is 20.1. The lowest BCUT2D eigenvalue weighted by Crippen LogP contribution is -2.18. The van der Waals surface area contributed by atoms with Crippen molar-refractivity contribution in [3.63, 3.8) is 0 Å². The largest absolute Gasteiger partial charge is 0.507 e. The van der Waals surface area contributed by atoms with Crippen LogP contribution >= 0.6 is 0 Å². The van der Waals surface area contributed by atoms with Gasteiger partial charge in [0.15, 0.2) is 0 Å². The van der Waals surface area contributed by atoms with E-state index in [0.29, 0.717) is 17.5 Å². The molecule has 0 bridgehead atoms. The van der Waals surface area contributed by atoms with Gasteiger partial charge in [-0.25, -0.2) is 4.79 Å². The van der Waals surface area contributed by atoms with Crippen LogP contribution in [0.1, 0.15) is 80.3 Å². The number of hydrogen-bond acceptors (Lipinski definition) is 3. The van der Waals surface area contributed by atoms with Crippen LogP contribution in [0.4, 0.5) is 0 Å². The molecule has 0 aliphatic heterocycles. The van der Waals surface area contributed by atoms with Crippen LogP contribution in [-0.2, 0) is 6.42 Å². The van der Waals surface area contributed by atoms with Crippen LogP contribution in [0.25, 0.3) is 0 Å². The highest BCUT2D eigenvalue weighted by molar-refractivity contribution is 5.94. The van der Waals surface area contributed by atoms with Crippen LogP contribution < -0.4 is 0 Å². The van der Waals surface area contributed by atoms with Gasteiger partial charge in [-0.05, 0) is 57.1 Å². The molecule has 0 aromatic heterocycles. The quantitative estimate of drug-likeness (QED) is 0.441. The molecule has 1 aliphatic carbocycles. The Morgan fingerprint density at radius 3 is 2.58 bits per heavy atom. The normalized spacial score (nSPS) is 19.9. The number of aryl methyl sites for hydroxylation is 1. The van der Waals surface area contributed by atoms with Gasteiger partial charge in [-0.15, -0.1) is 0 Å². The second-order valence-electron chi connectivity index (χ2n) is 7.48. The van der Waals surface area contributed by atoms with Gasteiger partial charge in [0.25, 0.3) is 0 Å². The first-order valence-corrected chi connectivity index (χ1v) is 9.41. The van der Waals surface area contributed by atoms with Crippen molar-refractivity contribution >= 4 is 5.97 Å². The molecule has 1 aliphatic rings. The lowest BCUT2D eigenvalue weighted by molar-refractivity contribution is 0.0692. The summed E-state index contributed by atoms with van der Waals surface area (Å²) in [6.07, 6.45) is 7.19. The van der Waals surface area contributed by atoms with Crippen molar-refractivity contribution < 1.29 is 20.1 Å². The molecule has 2 rings (SSSR count). The average molecular weight is 358 g/mol. The molecule has 4 heteroatoms. The van der Waals surface area contributed by atoms with Crippen molar-refractivity contribution in [3.05, 3.63) is 46.6 Å². The highest BCUT2D eigenvalue weighted by Gasteiger charge is 2.32. The van der Waals surface area contributed by atoms with Gasteiger partial charge >= 0.3 is 5.97 Å². The number of unbranched alkanes of at least 4 members (excludes halogenated alkanes) is 2. The second kappa shape index (κ2) is 8.43. The number of allylic oxidation sites excluding steroid dienone is 3. The fourth-order valence-electron chi connectivity index (χ4n) is 3.96. The minimum absolute atomic E-state index is 0.0267. The van der Waals surface area contributed by atoms with Crippen molar-refractivity contribution in [2.24, 2.45) is 5.92 Å². The van der Waals surface area contributed by atoms with Gasteiger partial charge in [0, 0.05) is 11.5 Å². The zero-order chi connectivity index (χ0) is 19.4. The molecule has 0 radical (unpaired) electrons. The van der Waals surface area contributed by atoms with Crippen molar-refractivity contribution in [3.8, 4) is 11.5 Å². The van der Waals surface area contributed by atoms with Crippen LogP contribution in [0.2, 0.25) is 0 Å². The Bertz CT molecular complexity index is 730. The van der Waals surface area contributed by atoms with Crippen molar-refractivity contribution in [1.82, 2.24) is 0 Å². The van der Waals surface area contributed by atoms with E-state index in [9.17, 15) is 20.1 Å². The Labute approximate surface area is 155 Å². The summed E-state index contributed by atoms with van der Waals surface area (Å²) in [6.45, 7) is 10.1. The molecule has 0 heterocycles. The average Bonchev–Trinajstić information content (AvgIpc) is 2.54. The van der Waals surface area contributed by atoms with Gasteiger partial charge in [0.2, 0.25) is 0 Å². The van der Waals surface area contributed by atoms with Crippen LogP contribution in [0.3, 0.4) is 0 Å². The Balaban J connectivity index is 2.58. The van der Waals surface area contributed by atoms with E-state index < -0.39 is 5.97 Å². The number of phenolic OH excluding ortho intramolecular Hbond substituents is 1. The van der Waals surface area contributed by atoms with Crippen LogP contribution in [-0.4, -0.2) is 21.3 Å². The minimum atomic E-state index is -1.15. The lowest BCUT2D eigenvalue weighted by Gasteiger charge is -2.32. The highest BCUT2D eigenvalue weighted by Crippen LogP contribution is 2.48. The summed E-state index contributed by atoms with van der Waals surface area (Å²) in [6, 6.07) is 1.53. The number of carboxylic acid groups (broad SMARTS) is 1. The van der Waals surface area contributed by atoms with Crippen LogP contribution in [0, 0.1) is 5.92 Å². The SMILES string of the molecule is C=C(C)[C@H]1CCC(C)=C[C@H]1c1c(O)cc(CCCCC)c(C(=O)O)c1O. The summed E-state index contributed by atoms with van der Waals surface area (Å²) in [7, 11) is 0. The molecule has 4 nitrogen and oxygen atoms in total. The third-order valence-corrected chi connectivity index (χ3v) is 5.38. The summed E-state index contributed by atoms with van der Waals surface area (Å²) >= 11 is 0. The fourth-order valence-corrected chi connectivity index (χ4v) is 3.96. The van der Waals surface area contributed by atoms with Gasteiger partial charge in [-0.2, -0.15) is 0 Å². The molecule has 0 saturated carbocycles. The minimum Gasteiger partial charge on any atom is -0.507 e. The molecule has 1 aromatic rings. The molecule has 0 unspecified atom stereocenters. The van der Waals surface area contributed by atoms with E-state index in [2.05, 4.69) is 13.5 Å². The monoisotopic (exact) mass is 358 g/mol. The van der Waals surface area contributed by atoms with Gasteiger partial charge in [0.1, 0.15) is 17.1 Å². The molecule has 26 heavy (non-hydrogen) atoms. The Kier molecular flexibility index (Phi) is 6.52. The number of aromatic carboxylic acids is 1. The smallest absolute Gasteiger partial charge is 0.339 e.